The van der Waals surface area contributed by atoms with Gasteiger partial charge in [-0.25, -0.2) is 0 Å². The molecule has 1 unspecified atom stereocenters. The molecule has 0 radical (unpaired) electrons. The molecular weight excluding hydrogens is 346 g/mol. The smallest absolute Gasteiger partial charge is 0.235 e. The lowest BCUT2D eigenvalue weighted by Gasteiger charge is -2.42. The number of hydrogen-bond acceptors (Lipinski definition) is 4. The van der Waals surface area contributed by atoms with Gasteiger partial charge in [-0.05, 0) is 59.8 Å². The minimum Gasteiger partial charge on any atom is -0.687 e. The largest absolute Gasteiger partial charge is 0.687 e. The van der Waals surface area contributed by atoms with Gasteiger partial charge in [0.1, 0.15) is 5.90 Å². The summed E-state index contributed by atoms with van der Waals surface area (Å²) in [5.74, 6) is -1.15. The lowest BCUT2D eigenvalue weighted by molar-refractivity contribution is -0.425. The standard InChI is InChI=1S/C17H32O5P2/c1-15(2)8-5-9-16(3)10-6-11-17(4)12-7-13-23(18,19)14-24(20,21)22/h8,10,12H,5-7,9,11,13-14H2,1-4H3,(H,18,19)(H2,20,21,22)/p-2/b16-10+,17-12+. The van der Waals surface area contributed by atoms with E-state index in [0.717, 1.165) is 31.3 Å². The Morgan fingerprint density at radius 3 is 1.83 bits per heavy atom. The number of rotatable bonds is 11. The van der Waals surface area contributed by atoms with Gasteiger partial charge >= 0.3 is 0 Å². The summed E-state index contributed by atoms with van der Waals surface area (Å²) in [6.07, 6.45) is 10.3. The first-order chi connectivity index (χ1) is 10.9. The van der Waals surface area contributed by atoms with E-state index in [1.807, 2.05) is 13.0 Å². The fraction of sp³-hybridized carbons (Fsp3) is 0.647. The van der Waals surface area contributed by atoms with Crippen molar-refractivity contribution in [2.45, 2.75) is 59.8 Å². The Morgan fingerprint density at radius 2 is 1.38 bits per heavy atom. The molecule has 0 spiro atoms. The Morgan fingerprint density at radius 1 is 0.917 bits per heavy atom. The maximum atomic E-state index is 11.6. The number of hydrogen-bond donors (Lipinski definition) is 1. The highest BCUT2D eigenvalue weighted by molar-refractivity contribution is 7.73. The molecule has 7 heteroatoms. The average Bonchev–Trinajstić information content (AvgIpc) is 2.34. The van der Waals surface area contributed by atoms with Crippen LogP contribution in [-0.2, 0) is 4.57 Å². The molecule has 0 fully saturated rings. The lowest BCUT2D eigenvalue weighted by Crippen LogP contribution is -2.35. The van der Waals surface area contributed by atoms with Gasteiger partial charge in [0.15, 0.2) is 0 Å². The molecule has 0 aromatic rings. The van der Waals surface area contributed by atoms with Gasteiger partial charge in [-0.3, -0.25) is 4.57 Å². The van der Waals surface area contributed by atoms with E-state index >= 15 is 0 Å². The zero-order valence-corrected chi connectivity index (χ0v) is 16.9. The molecule has 1 atom stereocenters. The third kappa shape index (κ3) is 15.3. The van der Waals surface area contributed by atoms with Gasteiger partial charge < -0.3 is 19.6 Å². The molecule has 0 aliphatic carbocycles. The van der Waals surface area contributed by atoms with E-state index in [1.54, 1.807) is 0 Å². The molecule has 0 amide bonds. The van der Waals surface area contributed by atoms with Gasteiger partial charge in [0, 0.05) is 6.16 Å². The maximum absolute atomic E-state index is 11.6. The Labute approximate surface area is 146 Å². The van der Waals surface area contributed by atoms with Crippen LogP contribution >= 0.6 is 15.3 Å². The summed E-state index contributed by atoms with van der Waals surface area (Å²) in [5.41, 5.74) is 3.77. The summed E-state index contributed by atoms with van der Waals surface area (Å²) in [5, 5.41) is 0. The van der Waals surface area contributed by atoms with Crippen LogP contribution in [0.4, 0.5) is 0 Å². The third-order valence-corrected chi connectivity index (χ3v) is 7.60. The molecule has 0 saturated heterocycles. The molecule has 0 aliphatic heterocycles. The monoisotopic (exact) mass is 376 g/mol. The van der Waals surface area contributed by atoms with Crippen LogP contribution in [0.5, 0.6) is 0 Å². The van der Waals surface area contributed by atoms with Crippen LogP contribution in [0.15, 0.2) is 34.9 Å². The molecule has 24 heavy (non-hydrogen) atoms. The molecule has 0 saturated carbocycles. The highest BCUT2D eigenvalue weighted by Crippen LogP contribution is 2.52. The summed E-state index contributed by atoms with van der Waals surface area (Å²) in [6.45, 7) is 8.24. The maximum Gasteiger partial charge on any atom is 0.235 e. The Bertz CT molecular complexity index is 512. The first kappa shape index (κ1) is 23.7. The van der Waals surface area contributed by atoms with Crippen LogP contribution in [0, 0.1) is 0 Å². The van der Waals surface area contributed by atoms with Crippen LogP contribution in [0.25, 0.3) is 0 Å². The molecule has 5 nitrogen and oxygen atoms in total. The van der Waals surface area contributed by atoms with Crippen molar-refractivity contribution in [2.24, 2.45) is 0 Å². The SMILES string of the molecule is CC(C)=CCC/C(C)=C/CC/C(C)=C/CCP(=O)(O)C[P+]([O-])([O-])[O-]. The molecule has 1 N–H and O–H groups in total. The first-order valence-electron chi connectivity index (χ1n) is 8.18. The van der Waals surface area contributed by atoms with Crippen LogP contribution in [0.2, 0.25) is 0 Å². The highest BCUT2D eigenvalue weighted by atomic mass is 31.3. The van der Waals surface area contributed by atoms with E-state index in [4.69, 9.17) is 0 Å². The van der Waals surface area contributed by atoms with Crippen LogP contribution in [0.3, 0.4) is 0 Å². The van der Waals surface area contributed by atoms with E-state index in [0.29, 0.717) is 6.42 Å². The minimum absolute atomic E-state index is 0.170. The van der Waals surface area contributed by atoms with Gasteiger partial charge in [-0.1, -0.05) is 34.9 Å². The third-order valence-electron chi connectivity index (χ3n) is 3.49. The van der Waals surface area contributed by atoms with E-state index in [9.17, 15) is 24.1 Å². The van der Waals surface area contributed by atoms with Gasteiger partial charge in [0.2, 0.25) is 7.37 Å². The van der Waals surface area contributed by atoms with Gasteiger partial charge in [-0.15, -0.1) is 0 Å². The Kier molecular flexibility index (Phi) is 11.2. The molecule has 0 heterocycles. The Hall–Kier alpha value is -0.280. The van der Waals surface area contributed by atoms with Crippen molar-refractivity contribution in [1.82, 2.24) is 0 Å². The van der Waals surface area contributed by atoms with Crippen molar-refractivity contribution in [3.63, 3.8) is 0 Å². The van der Waals surface area contributed by atoms with Gasteiger partial charge in [0.05, 0.1) is 0 Å². The van der Waals surface area contributed by atoms with Crippen molar-refractivity contribution in [3.8, 4) is 0 Å². The summed E-state index contributed by atoms with van der Waals surface area (Å²) in [7, 11) is -8.82. The highest BCUT2D eigenvalue weighted by Gasteiger charge is 2.21. The van der Waals surface area contributed by atoms with E-state index in [-0.39, 0.29) is 6.16 Å². The fourth-order valence-electron chi connectivity index (χ4n) is 2.19. The molecule has 0 bridgehead atoms. The predicted octanol–water partition coefficient (Wildman–Crippen LogP) is 2.87. The van der Waals surface area contributed by atoms with Crippen molar-refractivity contribution >= 4 is 15.3 Å². The van der Waals surface area contributed by atoms with Crippen molar-refractivity contribution < 1.29 is 24.1 Å². The average molecular weight is 376 g/mol. The summed E-state index contributed by atoms with van der Waals surface area (Å²) in [6, 6.07) is 0. The van der Waals surface area contributed by atoms with E-state index < -0.39 is 21.2 Å². The van der Waals surface area contributed by atoms with Crippen molar-refractivity contribution in [3.05, 3.63) is 34.9 Å². The van der Waals surface area contributed by atoms with E-state index in [1.165, 1.54) is 11.1 Å². The minimum atomic E-state index is -4.94. The second kappa shape index (κ2) is 11.4. The molecular formula is C17H30O5P2-2. The zero-order valence-electron chi connectivity index (χ0n) is 15.2. The summed E-state index contributed by atoms with van der Waals surface area (Å²) < 4.78 is 11.6. The molecule has 140 valence electrons. The van der Waals surface area contributed by atoms with Crippen LogP contribution < -0.4 is 14.7 Å². The first-order valence-corrected chi connectivity index (χ1v) is 11.9. The normalized spacial score (nSPS) is 16.0. The van der Waals surface area contributed by atoms with Crippen LogP contribution in [0.1, 0.15) is 59.8 Å². The van der Waals surface area contributed by atoms with Crippen molar-refractivity contribution in [1.29, 1.82) is 0 Å². The van der Waals surface area contributed by atoms with E-state index in [2.05, 4.69) is 32.9 Å². The van der Waals surface area contributed by atoms with Gasteiger partial charge in [0.25, 0.3) is 0 Å². The fourth-order valence-corrected chi connectivity index (χ4v) is 5.46. The lowest BCUT2D eigenvalue weighted by atomic mass is 10.1. The van der Waals surface area contributed by atoms with Gasteiger partial charge in [-0.2, -0.15) is 7.94 Å². The zero-order chi connectivity index (χ0) is 18.8. The second-order valence-electron chi connectivity index (χ2n) is 6.57. The van der Waals surface area contributed by atoms with Crippen LogP contribution in [-0.4, -0.2) is 17.0 Å². The molecule has 0 rings (SSSR count). The molecule has 0 aliphatic rings. The second-order valence-corrected chi connectivity index (χ2v) is 11.1. The Balaban J connectivity index is 4.15. The number of allylic oxidation sites excluding steroid dienone is 6. The van der Waals surface area contributed by atoms with Crippen molar-refractivity contribution in [2.75, 3.05) is 12.1 Å². The quantitative estimate of drug-likeness (QED) is 0.441. The summed E-state index contributed by atoms with van der Waals surface area (Å²) >= 11 is 0. The molecule has 0 aromatic carbocycles. The molecule has 0 aromatic heterocycles. The predicted molar refractivity (Wildman–Crippen MR) is 96.5 cm³/mol. The summed E-state index contributed by atoms with van der Waals surface area (Å²) in [4.78, 5) is 41.2. The topological polar surface area (TPSA) is 106 Å².